The molecule has 0 unspecified atom stereocenters. The highest BCUT2D eigenvalue weighted by molar-refractivity contribution is 6.30. The van der Waals surface area contributed by atoms with E-state index < -0.39 is 0 Å². The maximum atomic E-state index is 5.75. The van der Waals surface area contributed by atoms with Gasteiger partial charge in [-0.1, -0.05) is 23.7 Å². The standard InChI is InChI=1S/C13H14ClN3/c14-11-3-6-13(17-9-11)16-8-7-10-1-4-12(15)5-2-10/h1-6,9H,7-8,15H2,(H,16,17). The lowest BCUT2D eigenvalue weighted by atomic mass is 10.1. The summed E-state index contributed by atoms with van der Waals surface area (Å²) in [6.07, 6.45) is 2.57. The number of rotatable bonds is 4. The van der Waals surface area contributed by atoms with E-state index >= 15 is 0 Å². The molecular weight excluding hydrogens is 234 g/mol. The summed E-state index contributed by atoms with van der Waals surface area (Å²) in [5, 5.41) is 3.88. The fourth-order valence-corrected chi connectivity index (χ4v) is 1.61. The number of halogens is 1. The summed E-state index contributed by atoms with van der Waals surface area (Å²) < 4.78 is 0. The van der Waals surface area contributed by atoms with Crippen molar-refractivity contribution in [1.82, 2.24) is 4.98 Å². The molecule has 0 aliphatic carbocycles. The van der Waals surface area contributed by atoms with Gasteiger partial charge in [0.2, 0.25) is 0 Å². The maximum Gasteiger partial charge on any atom is 0.125 e. The minimum absolute atomic E-state index is 0.647. The summed E-state index contributed by atoms with van der Waals surface area (Å²) >= 11 is 5.75. The summed E-state index contributed by atoms with van der Waals surface area (Å²) in [6.45, 7) is 0.832. The van der Waals surface area contributed by atoms with Crippen molar-refractivity contribution < 1.29 is 0 Å². The van der Waals surface area contributed by atoms with Crippen LogP contribution in [0.25, 0.3) is 0 Å². The van der Waals surface area contributed by atoms with Crippen molar-refractivity contribution in [3.63, 3.8) is 0 Å². The normalized spacial score (nSPS) is 10.2. The van der Waals surface area contributed by atoms with Gasteiger partial charge in [0, 0.05) is 18.4 Å². The molecule has 0 radical (unpaired) electrons. The zero-order valence-corrected chi connectivity index (χ0v) is 10.1. The molecule has 4 heteroatoms. The monoisotopic (exact) mass is 247 g/mol. The number of aromatic nitrogens is 1. The van der Waals surface area contributed by atoms with Crippen LogP contribution in [0.3, 0.4) is 0 Å². The largest absolute Gasteiger partial charge is 0.399 e. The summed E-state index contributed by atoms with van der Waals surface area (Å²) in [6, 6.07) is 11.6. The predicted octanol–water partition coefficient (Wildman–Crippen LogP) is 2.97. The first-order chi connectivity index (χ1) is 8.24. The van der Waals surface area contributed by atoms with E-state index in [1.54, 1.807) is 6.20 Å². The Hall–Kier alpha value is -1.74. The van der Waals surface area contributed by atoms with Gasteiger partial charge in [-0.3, -0.25) is 0 Å². The van der Waals surface area contributed by atoms with Crippen LogP contribution in [0.1, 0.15) is 5.56 Å². The smallest absolute Gasteiger partial charge is 0.125 e. The van der Waals surface area contributed by atoms with Crippen molar-refractivity contribution in [2.24, 2.45) is 0 Å². The quantitative estimate of drug-likeness (QED) is 0.817. The molecule has 0 amide bonds. The molecule has 0 spiro atoms. The minimum Gasteiger partial charge on any atom is -0.399 e. The molecule has 1 aromatic heterocycles. The zero-order valence-electron chi connectivity index (χ0n) is 9.36. The number of nitrogens with zero attached hydrogens (tertiary/aromatic N) is 1. The molecule has 2 aromatic rings. The second-order valence-corrected chi connectivity index (χ2v) is 4.22. The molecule has 0 aliphatic rings. The number of nitrogen functional groups attached to an aromatic ring is 1. The van der Waals surface area contributed by atoms with E-state index in [1.807, 2.05) is 36.4 Å². The summed E-state index contributed by atoms with van der Waals surface area (Å²) in [5.74, 6) is 0.838. The third-order valence-electron chi connectivity index (χ3n) is 2.43. The van der Waals surface area contributed by atoms with Crippen molar-refractivity contribution >= 4 is 23.1 Å². The Morgan fingerprint density at radius 1 is 1.12 bits per heavy atom. The van der Waals surface area contributed by atoms with Crippen molar-refractivity contribution in [1.29, 1.82) is 0 Å². The molecule has 0 aliphatic heterocycles. The van der Waals surface area contributed by atoms with Crippen molar-refractivity contribution in [3.8, 4) is 0 Å². The van der Waals surface area contributed by atoms with E-state index in [1.165, 1.54) is 5.56 Å². The van der Waals surface area contributed by atoms with Crippen LogP contribution < -0.4 is 11.1 Å². The lowest BCUT2D eigenvalue weighted by molar-refractivity contribution is 1.01. The van der Waals surface area contributed by atoms with Crippen LogP contribution in [0.4, 0.5) is 11.5 Å². The highest BCUT2D eigenvalue weighted by atomic mass is 35.5. The summed E-state index contributed by atoms with van der Waals surface area (Å²) in [7, 11) is 0. The molecular formula is C13H14ClN3. The molecule has 0 saturated carbocycles. The average Bonchev–Trinajstić information content (AvgIpc) is 2.34. The lowest BCUT2D eigenvalue weighted by Crippen LogP contribution is -2.06. The van der Waals surface area contributed by atoms with Gasteiger partial charge in [0.05, 0.1) is 5.02 Å². The Labute approximate surface area is 106 Å². The van der Waals surface area contributed by atoms with Crippen LogP contribution in [0.15, 0.2) is 42.6 Å². The Morgan fingerprint density at radius 3 is 2.53 bits per heavy atom. The fourth-order valence-electron chi connectivity index (χ4n) is 1.50. The molecule has 1 aromatic carbocycles. The van der Waals surface area contributed by atoms with Gasteiger partial charge in [-0.15, -0.1) is 0 Å². The van der Waals surface area contributed by atoms with E-state index in [2.05, 4.69) is 10.3 Å². The number of nitrogens with two attached hydrogens (primary N) is 1. The Balaban J connectivity index is 1.83. The molecule has 88 valence electrons. The number of hydrogen-bond acceptors (Lipinski definition) is 3. The van der Waals surface area contributed by atoms with Crippen molar-refractivity contribution in [2.75, 3.05) is 17.6 Å². The van der Waals surface area contributed by atoms with Gasteiger partial charge in [-0.05, 0) is 36.2 Å². The Kier molecular flexibility index (Phi) is 3.83. The average molecular weight is 248 g/mol. The third-order valence-corrected chi connectivity index (χ3v) is 2.65. The van der Waals surface area contributed by atoms with Crippen molar-refractivity contribution in [3.05, 3.63) is 53.2 Å². The van der Waals surface area contributed by atoms with Gasteiger partial charge in [0.1, 0.15) is 5.82 Å². The van der Waals surface area contributed by atoms with Gasteiger partial charge in [-0.25, -0.2) is 4.98 Å². The van der Waals surface area contributed by atoms with Gasteiger partial charge >= 0.3 is 0 Å². The van der Waals surface area contributed by atoms with E-state index in [0.29, 0.717) is 5.02 Å². The highest BCUT2D eigenvalue weighted by Gasteiger charge is 1.95. The predicted molar refractivity (Wildman–Crippen MR) is 72.3 cm³/mol. The zero-order chi connectivity index (χ0) is 12.1. The first-order valence-electron chi connectivity index (χ1n) is 5.44. The first kappa shape index (κ1) is 11.7. The number of hydrogen-bond donors (Lipinski definition) is 2. The molecule has 3 N–H and O–H groups in total. The number of pyridine rings is 1. The van der Waals surface area contributed by atoms with Gasteiger partial charge in [0.25, 0.3) is 0 Å². The van der Waals surface area contributed by atoms with Crippen LogP contribution in [0.2, 0.25) is 5.02 Å². The van der Waals surface area contributed by atoms with Gasteiger partial charge in [-0.2, -0.15) is 0 Å². The topological polar surface area (TPSA) is 50.9 Å². The van der Waals surface area contributed by atoms with E-state index in [4.69, 9.17) is 17.3 Å². The first-order valence-corrected chi connectivity index (χ1v) is 5.82. The number of anilines is 2. The molecule has 0 saturated heterocycles. The van der Waals surface area contributed by atoms with Gasteiger partial charge < -0.3 is 11.1 Å². The van der Waals surface area contributed by atoms with E-state index in [9.17, 15) is 0 Å². The lowest BCUT2D eigenvalue weighted by Gasteiger charge is -2.05. The van der Waals surface area contributed by atoms with Gasteiger partial charge in [0.15, 0.2) is 0 Å². The molecule has 3 nitrogen and oxygen atoms in total. The molecule has 0 atom stereocenters. The van der Waals surface area contributed by atoms with Crippen LogP contribution >= 0.6 is 11.6 Å². The minimum atomic E-state index is 0.647. The molecule has 17 heavy (non-hydrogen) atoms. The summed E-state index contributed by atoms with van der Waals surface area (Å²) in [4.78, 5) is 4.16. The molecule has 0 bridgehead atoms. The molecule has 0 fully saturated rings. The molecule has 2 rings (SSSR count). The van der Waals surface area contributed by atoms with Crippen LogP contribution in [0.5, 0.6) is 0 Å². The van der Waals surface area contributed by atoms with E-state index in [0.717, 1.165) is 24.5 Å². The summed E-state index contributed by atoms with van der Waals surface area (Å²) in [5.41, 5.74) is 7.67. The van der Waals surface area contributed by atoms with Crippen LogP contribution in [0, 0.1) is 0 Å². The molecule has 1 heterocycles. The fraction of sp³-hybridized carbons (Fsp3) is 0.154. The van der Waals surface area contributed by atoms with Crippen molar-refractivity contribution in [2.45, 2.75) is 6.42 Å². The second kappa shape index (κ2) is 5.55. The van der Waals surface area contributed by atoms with Crippen LogP contribution in [-0.4, -0.2) is 11.5 Å². The second-order valence-electron chi connectivity index (χ2n) is 3.78. The number of benzene rings is 1. The Morgan fingerprint density at radius 2 is 1.88 bits per heavy atom. The van der Waals surface area contributed by atoms with Crippen LogP contribution in [-0.2, 0) is 6.42 Å². The van der Waals surface area contributed by atoms with E-state index in [-0.39, 0.29) is 0 Å². The number of nitrogens with one attached hydrogen (secondary N) is 1. The Bertz CT molecular complexity index is 420. The highest BCUT2D eigenvalue weighted by Crippen LogP contribution is 2.10. The SMILES string of the molecule is Nc1ccc(CCNc2ccc(Cl)cn2)cc1. The maximum absolute atomic E-state index is 5.75. The third kappa shape index (κ3) is 3.64.